The van der Waals surface area contributed by atoms with Crippen LogP contribution >= 0.6 is 0 Å². The van der Waals surface area contributed by atoms with Gasteiger partial charge in [0.05, 0.1) is 4.92 Å². The lowest BCUT2D eigenvalue weighted by Gasteiger charge is -2.10. The molecule has 0 aromatic carbocycles. The second-order valence-corrected chi connectivity index (χ2v) is 4.73. The van der Waals surface area contributed by atoms with Gasteiger partial charge in [-0.25, -0.2) is 4.68 Å². The Kier molecular flexibility index (Phi) is 3.05. The fourth-order valence-electron chi connectivity index (χ4n) is 2.03. The van der Waals surface area contributed by atoms with Gasteiger partial charge < -0.3 is 0 Å². The van der Waals surface area contributed by atoms with E-state index >= 15 is 0 Å². The Bertz CT molecular complexity index is 928. The van der Waals surface area contributed by atoms with Crippen molar-refractivity contribution in [1.82, 2.24) is 29.6 Å². The van der Waals surface area contributed by atoms with Crippen LogP contribution in [0.4, 0.5) is 18.9 Å². The van der Waals surface area contributed by atoms with E-state index in [1.165, 1.54) is 0 Å². The molecule has 0 spiro atoms. The van der Waals surface area contributed by atoms with E-state index in [1.807, 2.05) is 0 Å². The number of nitro groups is 1. The molecule has 120 valence electrons. The van der Waals surface area contributed by atoms with Crippen LogP contribution in [0.5, 0.6) is 0 Å². The maximum absolute atomic E-state index is 13.0. The number of alkyl halides is 3. The van der Waals surface area contributed by atoms with Gasteiger partial charge in [-0.3, -0.25) is 10.1 Å². The van der Waals surface area contributed by atoms with Crippen molar-refractivity contribution in [2.75, 3.05) is 0 Å². The summed E-state index contributed by atoms with van der Waals surface area (Å²) < 4.78 is 40.5. The number of hydrogen-bond donors (Lipinski definition) is 0. The molecule has 0 saturated carbocycles. The monoisotopic (exact) mass is 327 g/mol. The van der Waals surface area contributed by atoms with Gasteiger partial charge >= 0.3 is 11.9 Å². The fraction of sp³-hybridized carbons (Fsp3) is 0.273. The zero-order chi connectivity index (χ0) is 16.9. The molecule has 0 aliphatic heterocycles. The van der Waals surface area contributed by atoms with E-state index in [4.69, 9.17) is 0 Å². The first-order valence-corrected chi connectivity index (χ1v) is 6.19. The summed E-state index contributed by atoms with van der Waals surface area (Å²) in [6.45, 7) is 3.16. The molecule has 0 bridgehead atoms. The van der Waals surface area contributed by atoms with Crippen molar-refractivity contribution in [3.63, 3.8) is 0 Å². The molecular weight excluding hydrogens is 319 g/mol. The first kappa shape index (κ1) is 14.9. The second kappa shape index (κ2) is 4.72. The smallest absolute Gasteiger partial charge is 0.258 e. The van der Waals surface area contributed by atoms with Crippen molar-refractivity contribution in [3.05, 3.63) is 39.5 Å². The Labute approximate surface area is 125 Å². The molecule has 3 rings (SSSR count). The number of halogens is 3. The molecule has 12 heteroatoms. The van der Waals surface area contributed by atoms with Crippen LogP contribution in [-0.2, 0) is 6.18 Å². The van der Waals surface area contributed by atoms with Crippen molar-refractivity contribution in [2.24, 2.45) is 0 Å². The largest absolute Gasteiger partial charge is 0.453 e. The molecule has 0 N–H and O–H groups in total. The highest BCUT2D eigenvalue weighted by Gasteiger charge is 2.38. The summed E-state index contributed by atoms with van der Waals surface area (Å²) >= 11 is 0. The molecule has 0 amide bonds. The topological polar surface area (TPSA) is 104 Å². The Morgan fingerprint density at radius 1 is 1.22 bits per heavy atom. The Morgan fingerprint density at radius 2 is 1.91 bits per heavy atom. The van der Waals surface area contributed by atoms with Crippen LogP contribution < -0.4 is 0 Å². The van der Waals surface area contributed by atoms with Crippen LogP contribution in [0.1, 0.15) is 17.0 Å². The summed E-state index contributed by atoms with van der Waals surface area (Å²) in [5, 5.41) is 25.0. The Morgan fingerprint density at radius 3 is 2.48 bits per heavy atom. The Balaban J connectivity index is 2.28. The molecule has 3 aromatic rings. The van der Waals surface area contributed by atoms with Crippen molar-refractivity contribution in [2.45, 2.75) is 20.0 Å². The predicted molar refractivity (Wildman–Crippen MR) is 69.0 cm³/mol. The third-order valence-corrected chi connectivity index (χ3v) is 3.32. The summed E-state index contributed by atoms with van der Waals surface area (Å²) in [7, 11) is 0. The van der Waals surface area contributed by atoms with Crippen molar-refractivity contribution in [1.29, 1.82) is 0 Å². The molecule has 23 heavy (non-hydrogen) atoms. The minimum atomic E-state index is -4.73. The van der Waals surface area contributed by atoms with Crippen LogP contribution in [-0.4, -0.2) is 34.5 Å². The number of rotatable bonds is 2. The van der Waals surface area contributed by atoms with Gasteiger partial charge in [0.15, 0.2) is 11.5 Å². The summed E-state index contributed by atoms with van der Waals surface area (Å²) in [5.41, 5.74) is 0.553. The molecule has 9 nitrogen and oxygen atoms in total. The minimum absolute atomic E-state index is 0.0217. The maximum Gasteiger partial charge on any atom is 0.453 e. The van der Waals surface area contributed by atoms with Crippen LogP contribution in [0.3, 0.4) is 0 Å². The number of aromatic nitrogens is 6. The lowest BCUT2D eigenvalue weighted by molar-refractivity contribution is -0.384. The number of nitrogens with zero attached hydrogens (tertiary/aromatic N) is 7. The Hall–Kier alpha value is -3.05. The van der Waals surface area contributed by atoms with Crippen molar-refractivity contribution in [3.8, 4) is 5.82 Å². The molecule has 0 aliphatic rings. The zero-order valence-corrected chi connectivity index (χ0v) is 11.7. The van der Waals surface area contributed by atoms with Gasteiger partial charge in [0.2, 0.25) is 0 Å². The molecule has 0 fully saturated rings. The van der Waals surface area contributed by atoms with Gasteiger partial charge in [0, 0.05) is 11.1 Å². The van der Waals surface area contributed by atoms with Crippen LogP contribution in [0, 0.1) is 24.0 Å². The van der Waals surface area contributed by atoms with E-state index in [-0.39, 0.29) is 17.2 Å². The minimum Gasteiger partial charge on any atom is -0.258 e. The summed E-state index contributed by atoms with van der Waals surface area (Å²) in [4.78, 5) is 10.0. The third-order valence-electron chi connectivity index (χ3n) is 3.32. The highest BCUT2D eigenvalue weighted by atomic mass is 19.4. The second-order valence-electron chi connectivity index (χ2n) is 4.73. The number of hydrogen-bond acceptors (Lipinski definition) is 6. The van der Waals surface area contributed by atoms with E-state index in [1.54, 1.807) is 13.8 Å². The van der Waals surface area contributed by atoms with E-state index in [9.17, 15) is 23.3 Å². The van der Waals surface area contributed by atoms with Crippen molar-refractivity contribution >= 4 is 11.3 Å². The molecule has 0 saturated heterocycles. The first-order valence-electron chi connectivity index (χ1n) is 6.19. The van der Waals surface area contributed by atoms with Gasteiger partial charge in [-0.15, -0.1) is 15.3 Å². The molecule has 3 aromatic heterocycles. The van der Waals surface area contributed by atoms with Crippen LogP contribution in [0.25, 0.3) is 11.5 Å². The molecule has 0 atom stereocenters. The first-order chi connectivity index (χ1) is 10.7. The van der Waals surface area contributed by atoms with Crippen LogP contribution in [0.15, 0.2) is 12.4 Å². The quantitative estimate of drug-likeness (QED) is 0.525. The van der Waals surface area contributed by atoms with E-state index in [2.05, 4.69) is 20.4 Å². The zero-order valence-electron chi connectivity index (χ0n) is 11.7. The van der Waals surface area contributed by atoms with Gasteiger partial charge in [-0.2, -0.15) is 22.8 Å². The highest BCUT2D eigenvalue weighted by Crippen LogP contribution is 2.29. The summed E-state index contributed by atoms with van der Waals surface area (Å²) in [6.07, 6.45) is -2.68. The van der Waals surface area contributed by atoms with Gasteiger partial charge in [0.25, 0.3) is 5.82 Å². The van der Waals surface area contributed by atoms with E-state index < -0.39 is 16.9 Å². The molecule has 3 heterocycles. The summed E-state index contributed by atoms with van der Waals surface area (Å²) in [5.74, 6) is -1.26. The fourth-order valence-corrected chi connectivity index (χ4v) is 2.03. The predicted octanol–water partition coefficient (Wildman–Crippen LogP) is 1.85. The normalized spacial score (nSPS) is 12.0. The lowest BCUT2D eigenvalue weighted by atomic mass is 10.2. The molecule has 0 unspecified atom stereocenters. The molecule has 0 radical (unpaired) electrons. The third kappa shape index (κ3) is 2.27. The highest BCUT2D eigenvalue weighted by molar-refractivity contribution is 5.54. The standard InChI is InChI=1S/C11H8F3N7O2/c1-5-6(2)9(19-4-7(3-15-19)21(22)23)18-20-8(5)16-17-10(20)11(12,13)14/h3-4H,1-2H3. The average molecular weight is 327 g/mol. The number of aryl methyl sites for hydroxylation is 1. The van der Waals surface area contributed by atoms with Gasteiger partial charge in [0.1, 0.15) is 12.4 Å². The van der Waals surface area contributed by atoms with Crippen molar-refractivity contribution < 1.29 is 18.1 Å². The van der Waals surface area contributed by atoms with E-state index in [0.29, 0.717) is 15.6 Å². The van der Waals surface area contributed by atoms with E-state index in [0.717, 1.165) is 17.1 Å². The SMILES string of the molecule is Cc1c(-n2cc([N+](=O)[O-])cn2)nn2c(C(F)(F)F)nnc2c1C. The summed E-state index contributed by atoms with van der Waals surface area (Å²) in [6, 6.07) is 0. The molecule has 0 aliphatic carbocycles. The average Bonchev–Trinajstić information content (AvgIpc) is 3.08. The maximum atomic E-state index is 13.0. The number of fused-ring (bicyclic) bond motifs is 1. The van der Waals surface area contributed by atoms with Crippen LogP contribution in [0.2, 0.25) is 0 Å². The molecular formula is C11H8F3N7O2. The van der Waals surface area contributed by atoms with Gasteiger partial charge in [-0.1, -0.05) is 0 Å². The van der Waals surface area contributed by atoms with Gasteiger partial charge in [-0.05, 0) is 13.8 Å². The lowest BCUT2D eigenvalue weighted by Crippen LogP contribution is -2.15.